The number of allylic oxidation sites excluding steroid dienone is 7. The number of phenols is 1. The van der Waals surface area contributed by atoms with Gasteiger partial charge < -0.3 is 10.0 Å². The third-order valence-electron chi connectivity index (χ3n) is 8.65. The molecule has 42 heavy (non-hydrogen) atoms. The molecule has 1 fully saturated rings. The molecule has 1 aromatic carbocycles. The van der Waals surface area contributed by atoms with Crippen LogP contribution in [0.2, 0.25) is 0 Å². The molecule has 1 aromatic rings. The minimum Gasteiger partial charge on any atom is -0.508 e. The van der Waals surface area contributed by atoms with Crippen molar-refractivity contribution in [2.75, 3.05) is 0 Å². The van der Waals surface area contributed by atoms with Crippen molar-refractivity contribution < 1.29 is 5.11 Å². The smallest absolute Gasteiger partial charge is 0.119 e. The summed E-state index contributed by atoms with van der Waals surface area (Å²) in [5.41, 5.74) is 10.2. The molecule has 3 aliphatic rings. The van der Waals surface area contributed by atoms with Gasteiger partial charge in [0.15, 0.2) is 0 Å². The molecule has 230 valence electrons. The van der Waals surface area contributed by atoms with E-state index in [4.69, 9.17) is 0 Å². The second-order valence-corrected chi connectivity index (χ2v) is 12.0. The van der Waals surface area contributed by atoms with E-state index in [9.17, 15) is 5.11 Å². The molecule has 0 saturated carbocycles. The average Bonchev–Trinajstić information content (AvgIpc) is 3.18. The zero-order chi connectivity index (χ0) is 31.2. The number of hydrogen-bond acceptors (Lipinski definition) is 2. The fraction of sp³-hybridized carbons (Fsp3) is 0.500. The summed E-state index contributed by atoms with van der Waals surface area (Å²) >= 11 is 0. The standard InChI is InChI=1S/C35H47NO.C3H6.C2H6/c1-7-9-10-16-28-22-30(35(34(37)23-28)29-17-13-15-25(4)19-29)20-24(3)14-11-12-18-31-27(6)33-21-26(5)36(33)32(31)8-2;1-3-2;1-2/h8,12,18-19,22-23,27,29,33,37H,2-3,5,7,9-11,13-17,20-21H2,1,4,6H3;3H,1H2,2H3;1-2H3/b18-12+;;. The summed E-state index contributed by atoms with van der Waals surface area (Å²) in [5, 5.41) is 11.2. The summed E-state index contributed by atoms with van der Waals surface area (Å²) in [6, 6.07) is 4.95. The van der Waals surface area contributed by atoms with Gasteiger partial charge in [-0.3, -0.25) is 0 Å². The molecular weight excluding hydrogens is 510 g/mol. The SMILES string of the molecule is C=CC.C=CC1=C(/C=C/CCC(=C)Cc2cc(CCCCC)cc(O)c2C2C=C(C)CCC2)C(C)C2CC(=C)N12.CC. The Balaban J connectivity index is 0.00000116. The molecule has 3 atom stereocenters. The zero-order valence-electron chi connectivity index (χ0n) is 27.8. The first-order valence-electron chi connectivity index (χ1n) is 16.5. The molecule has 1 saturated heterocycles. The first kappa shape index (κ1) is 35.2. The highest BCUT2D eigenvalue weighted by atomic mass is 16.3. The number of hydrogen-bond donors (Lipinski definition) is 1. The number of benzene rings is 1. The average molecular weight is 570 g/mol. The van der Waals surface area contributed by atoms with Gasteiger partial charge >= 0.3 is 0 Å². The van der Waals surface area contributed by atoms with Crippen molar-refractivity contribution in [1.29, 1.82) is 0 Å². The molecular formula is C40H59NO. The Kier molecular flexibility index (Phi) is 15.0. The second-order valence-electron chi connectivity index (χ2n) is 12.0. The van der Waals surface area contributed by atoms with Crippen LogP contribution in [0.4, 0.5) is 0 Å². The highest BCUT2D eigenvalue weighted by molar-refractivity contribution is 5.49. The van der Waals surface area contributed by atoms with E-state index in [1.54, 1.807) is 6.08 Å². The highest BCUT2D eigenvalue weighted by Gasteiger charge is 2.44. The van der Waals surface area contributed by atoms with Gasteiger partial charge in [0.2, 0.25) is 0 Å². The molecule has 2 aliphatic heterocycles. The Morgan fingerprint density at radius 2 is 1.88 bits per heavy atom. The number of unbranched alkanes of at least 4 members (excludes halogenated alkanes) is 2. The normalized spacial score (nSPS) is 21.0. The molecule has 4 rings (SSSR count). The first-order chi connectivity index (χ1) is 20.2. The van der Waals surface area contributed by atoms with Crippen LogP contribution in [0.5, 0.6) is 5.75 Å². The molecule has 0 amide bonds. The predicted molar refractivity (Wildman–Crippen MR) is 186 cm³/mol. The molecule has 1 N–H and O–H groups in total. The summed E-state index contributed by atoms with van der Waals surface area (Å²) in [6.45, 7) is 28.8. The largest absolute Gasteiger partial charge is 0.508 e. The fourth-order valence-corrected chi connectivity index (χ4v) is 6.59. The lowest BCUT2D eigenvalue weighted by molar-refractivity contribution is 0.203. The quantitative estimate of drug-likeness (QED) is 0.200. The van der Waals surface area contributed by atoms with E-state index in [1.807, 2.05) is 32.9 Å². The van der Waals surface area contributed by atoms with E-state index in [0.717, 1.165) is 44.1 Å². The Hall–Kier alpha value is -3.00. The fourth-order valence-electron chi connectivity index (χ4n) is 6.59. The van der Waals surface area contributed by atoms with Gasteiger partial charge in [0.1, 0.15) is 5.75 Å². The van der Waals surface area contributed by atoms with Gasteiger partial charge in [-0.25, -0.2) is 0 Å². The lowest BCUT2D eigenvalue weighted by Crippen LogP contribution is -2.42. The van der Waals surface area contributed by atoms with E-state index in [1.165, 1.54) is 71.3 Å². The Morgan fingerprint density at radius 3 is 2.50 bits per heavy atom. The van der Waals surface area contributed by atoms with Crippen molar-refractivity contribution in [2.24, 2.45) is 5.92 Å². The maximum atomic E-state index is 11.2. The van der Waals surface area contributed by atoms with Gasteiger partial charge in [0.25, 0.3) is 0 Å². The van der Waals surface area contributed by atoms with Gasteiger partial charge in [-0.2, -0.15) is 0 Å². The van der Waals surface area contributed by atoms with Crippen molar-refractivity contribution in [1.82, 2.24) is 4.90 Å². The van der Waals surface area contributed by atoms with E-state index in [-0.39, 0.29) is 0 Å². The number of rotatable bonds is 12. The molecule has 1 aliphatic carbocycles. The van der Waals surface area contributed by atoms with Gasteiger partial charge in [-0.1, -0.05) is 102 Å². The first-order valence-corrected chi connectivity index (χ1v) is 16.5. The molecule has 0 aromatic heterocycles. The number of nitrogens with zero attached hydrogens (tertiary/aromatic N) is 1. The minimum absolute atomic E-state index is 0.314. The van der Waals surface area contributed by atoms with Crippen molar-refractivity contribution in [2.45, 2.75) is 124 Å². The van der Waals surface area contributed by atoms with Crippen molar-refractivity contribution in [3.63, 3.8) is 0 Å². The van der Waals surface area contributed by atoms with Gasteiger partial charge in [-0.15, -0.1) is 6.58 Å². The van der Waals surface area contributed by atoms with Gasteiger partial charge in [0, 0.05) is 41.3 Å². The van der Waals surface area contributed by atoms with Crippen LogP contribution in [0.1, 0.15) is 122 Å². The van der Waals surface area contributed by atoms with Crippen LogP contribution >= 0.6 is 0 Å². The third kappa shape index (κ3) is 9.00. The molecule has 2 heteroatoms. The summed E-state index contributed by atoms with van der Waals surface area (Å²) < 4.78 is 0. The number of aromatic hydroxyl groups is 1. The van der Waals surface area contributed by atoms with Crippen LogP contribution in [0, 0.1) is 5.92 Å². The van der Waals surface area contributed by atoms with E-state index < -0.39 is 0 Å². The number of phenolic OH excluding ortho intramolecular Hbond substituents is 1. The minimum atomic E-state index is 0.314. The summed E-state index contributed by atoms with van der Waals surface area (Å²) in [6.07, 6.45) is 22.8. The lowest BCUT2D eigenvalue weighted by atomic mass is 9.81. The van der Waals surface area contributed by atoms with Crippen molar-refractivity contribution in [3.8, 4) is 5.75 Å². The maximum absolute atomic E-state index is 11.2. The monoisotopic (exact) mass is 569 g/mol. The molecule has 3 unspecified atom stereocenters. The van der Waals surface area contributed by atoms with Crippen LogP contribution in [-0.4, -0.2) is 16.0 Å². The molecule has 2 nitrogen and oxygen atoms in total. The van der Waals surface area contributed by atoms with E-state index >= 15 is 0 Å². The predicted octanol–water partition coefficient (Wildman–Crippen LogP) is 11.7. The third-order valence-corrected chi connectivity index (χ3v) is 8.65. The Morgan fingerprint density at radius 1 is 1.17 bits per heavy atom. The van der Waals surface area contributed by atoms with Crippen LogP contribution in [0.15, 0.2) is 96.9 Å². The van der Waals surface area contributed by atoms with Gasteiger partial charge in [-0.05, 0) is 94.1 Å². The van der Waals surface area contributed by atoms with E-state index in [0.29, 0.717) is 23.6 Å². The van der Waals surface area contributed by atoms with Crippen molar-refractivity contribution >= 4 is 0 Å². The van der Waals surface area contributed by atoms with Crippen LogP contribution < -0.4 is 0 Å². The van der Waals surface area contributed by atoms with Gasteiger partial charge in [0.05, 0.1) is 0 Å². The summed E-state index contributed by atoms with van der Waals surface area (Å²) in [4.78, 5) is 2.36. The topological polar surface area (TPSA) is 23.5 Å². The van der Waals surface area contributed by atoms with Crippen LogP contribution in [0.3, 0.4) is 0 Å². The van der Waals surface area contributed by atoms with Crippen LogP contribution in [-0.2, 0) is 12.8 Å². The Bertz CT molecular complexity index is 1180. The van der Waals surface area contributed by atoms with Crippen LogP contribution in [0.25, 0.3) is 0 Å². The molecule has 0 bridgehead atoms. The van der Waals surface area contributed by atoms with Crippen molar-refractivity contribution in [3.05, 3.63) is 114 Å². The number of fused-ring (bicyclic) bond motifs is 1. The lowest BCUT2D eigenvalue weighted by Gasteiger charge is -2.42. The molecule has 2 heterocycles. The summed E-state index contributed by atoms with van der Waals surface area (Å²) in [5.74, 6) is 1.32. The zero-order valence-corrected chi connectivity index (χ0v) is 27.8. The number of aryl methyl sites for hydroxylation is 1. The van der Waals surface area contributed by atoms with E-state index in [2.05, 4.69) is 76.3 Å². The highest BCUT2D eigenvalue weighted by Crippen LogP contribution is 2.47. The Labute approximate surface area is 259 Å². The second kappa shape index (κ2) is 17.8. The maximum Gasteiger partial charge on any atom is 0.119 e. The molecule has 0 spiro atoms. The summed E-state index contributed by atoms with van der Waals surface area (Å²) in [7, 11) is 0. The molecule has 0 radical (unpaired) electrons.